The van der Waals surface area contributed by atoms with Crippen LogP contribution in [0.2, 0.25) is 0 Å². The molecule has 0 spiro atoms. The number of azide groups is 1. The first-order valence-electron chi connectivity index (χ1n) is 8.25. The number of thioether (sulfide) groups is 1. The van der Waals surface area contributed by atoms with Gasteiger partial charge < -0.3 is 10.1 Å². The fourth-order valence-electron chi connectivity index (χ4n) is 1.80. The molecular weight excluding hydrogens is 346 g/mol. The maximum atomic E-state index is 12.2. The number of carbonyl (C=O) groups is 2. The fourth-order valence-corrected chi connectivity index (χ4v) is 2.66. The van der Waals surface area contributed by atoms with Crippen molar-refractivity contribution in [1.29, 1.82) is 0 Å². The smallest absolute Gasteiger partial charge is 0.253 e. The van der Waals surface area contributed by atoms with Gasteiger partial charge in [0.25, 0.3) is 5.91 Å². The summed E-state index contributed by atoms with van der Waals surface area (Å²) >= 11 is 1.38. The average Bonchev–Trinajstić information content (AvgIpc) is 2.55. The molecule has 0 aromatic rings. The first-order chi connectivity index (χ1) is 11.9. The van der Waals surface area contributed by atoms with E-state index in [9.17, 15) is 9.59 Å². The van der Waals surface area contributed by atoms with E-state index in [1.54, 1.807) is 0 Å². The van der Waals surface area contributed by atoms with E-state index in [2.05, 4.69) is 20.8 Å². The molecule has 0 unspecified atom stereocenters. The molecule has 0 aliphatic carbocycles. The van der Waals surface area contributed by atoms with Crippen molar-refractivity contribution in [1.82, 2.24) is 10.8 Å². The third-order valence-electron chi connectivity index (χ3n) is 2.88. The number of nitrogens with one attached hydrogen (secondary N) is 2. The molecule has 144 valence electrons. The average molecular weight is 375 g/mol. The highest BCUT2D eigenvalue weighted by molar-refractivity contribution is 8.00. The van der Waals surface area contributed by atoms with Gasteiger partial charge in [0.15, 0.2) is 5.78 Å². The van der Waals surface area contributed by atoms with E-state index in [4.69, 9.17) is 15.1 Å². The summed E-state index contributed by atoms with van der Waals surface area (Å²) in [4.78, 5) is 31.4. The van der Waals surface area contributed by atoms with E-state index in [1.165, 1.54) is 11.8 Å². The molecule has 0 aliphatic heterocycles. The van der Waals surface area contributed by atoms with E-state index >= 15 is 0 Å². The Kier molecular flexibility index (Phi) is 14.2. The highest BCUT2D eigenvalue weighted by Gasteiger charge is 2.21. The van der Waals surface area contributed by atoms with Crippen LogP contribution in [0.5, 0.6) is 0 Å². The number of hydroxylamine groups is 1. The maximum Gasteiger partial charge on any atom is 0.253 e. The Labute approximate surface area is 153 Å². The van der Waals surface area contributed by atoms with Crippen LogP contribution in [-0.4, -0.2) is 61.6 Å². The summed E-state index contributed by atoms with van der Waals surface area (Å²) in [7, 11) is 0. The molecule has 25 heavy (non-hydrogen) atoms. The van der Waals surface area contributed by atoms with Crippen molar-refractivity contribution in [2.24, 2.45) is 11.0 Å². The van der Waals surface area contributed by atoms with Crippen LogP contribution in [0, 0.1) is 5.92 Å². The monoisotopic (exact) mass is 375 g/mol. The SMILES string of the molecule is CC(C)N[C@@H](CSCC(=O)NOCCOCCN=[N+]=[N-])C(=O)C(C)C. The molecule has 10 heteroatoms. The van der Waals surface area contributed by atoms with Crippen LogP contribution in [0.1, 0.15) is 27.7 Å². The minimum atomic E-state index is -0.264. The van der Waals surface area contributed by atoms with E-state index in [-0.39, 0.29) is 55.2 Å². The number of rotatable bonds is 15. The molecule has 0 fully saturated rings. The van der Waals surface area contributed by atoms with Crippen molar-refractivity contribution in [3.8, 4) is 0 Å². The van der Waals surface area contributed by atoms with E-state index < -0.39 is 0 Å². The normalized spacial score (nSPS) is 12.1. The van der Waals surface area contributed by atoms with Crippen molar-refractivity contribution >= 4 is 23.5 Å². The summed E-state index contributed by atoms with van der Waals surface area (Å²) in [6, 6.07) is -0.0625. The molecule has 2 N–H and O–H groups in total. The minimum Gasteiger partial charge on any atom is -0.379 e. The van der Waals surface area contributed by atoms with Crippen LogP contribution in [0.15, 0.2) is 5.11 Å². The van der Waals surface area contributed by atoms with Crippen LogP contribution < -0.4 is 10.8 Å². The minimum absolute atomic E-state index is 0.0483. The first kappa shape index (κ1) is 23.7. The molecule has 0 saturated heterocycles. The Morgan fingerprint density at radius 1 is 1.20 bits per heavy atom. The molecule has 0 aromatic heterocycles. The van der Waals surface area contributed by atoms with Gasteiger partial charge in [-0.05, 0) is 5.53 Å². The maximum absolute atomic E-state index is 12.2. The zero-order chi connectivity index (χ0) is 19.1. The second kappa shape index (κ2) is 15.0. The molecule has 0 heterocycles. The van der Waals surface area contributed by atoms with Crippen molar-refractivity contribution in [2.45, 2.75) is 39.8 Å². The van der Waals surface area contributed by atoms with Crippen LogP contribution in [-0.2, 0) is 19.2 Å². The molecule has 0 bridgehead atoms. The van der Waals surface area contributed by atoms with Gasteiger partial charge in [-0.2, -0.15) is 0 Å². The third-order valence-corrected chi connectivity index (χ3v) is 3.91. The van der Waals surface area contributed by atoms with Crippen molar-refractivity contribution in [2.75, 3.05) is 37.9 Å². The number of amides is 1. The lowest BCUT2D eigenvalue weighted by atomic mass is 10.0. The van der Waals surface area contributed by atoms with Gasteiger partial charge in [-0.25, -0.2) is 5.48 Å². The number of carbonyl (C=O) groups excluding carboxylic acids is 2. The summed E-state index contributed by atoms with van der Waals surface area (Å²) in [5.74, 6) is 0.577. The largest absolute Gasteiger partial charge is 0.379 e. The van der Waals surface area contributed by atoms with Gasteiger partial charge in [0.05, 0.1) is 31.6 Å². The number of hydrogen-bond donors (Lipinski definition) is 2. The summed E-state index contributed by atoms with van der Waals surface area (Å²) < 4.78 is 5.12. The van der Waals surface area contributed by atoms with Gasteiger partial charge in [-0.15, -0.1) is 11.8 Å². The number of Topliss-reactive ketones (excluding diaryl/α,β-unsaturated/α-hetero) is 1. The van der Waals surface area contributed by atoms with Crippen LogP contribution in [0.3, 0.4) is 0 Å². The summed E-state index contributed by atoms with van der Waals surface area (Å²) in [5.41, 5.74) is 10.4. The predicted octanol–water partition coefficient (Wildman–Crippen LogP) is 1.69. The zero-order valence-electron chi connectivity index (χ0n) is 15.4. The topological polar surface area (TPSA) is 125 Å². The van der Waals surface area contributed by atoms with Gasteiger partial charge in [0, 0.05) is 29.2 Å². The summed E-state index contributed by atoms with van der Waals surface area (Å²) in [6.07, 6.45) is 0. The lowest BCUT2D eigenvalue weighted by Gasteiger charge is -2.21. The predicted molar refractivity (Wildman–Crippen MR) is 98.2 cm³/mol. The van der Waals surface area contributed by atoms with Gasteiger partial charge in [-0.1, -0.05) is 32.8 Å². The first-order valence-corrected chi connectivity index (χ1v) is 9.40. The van der Waals surface area contributed by atoms with Gasteiger partial charge in [0.2, 0.25) is 0 Å². The van der Waals surface area contributed by atoms with E-state index in [0.29, 0.717) is 12.4 Å². The highest BCUT2D eigenvalue weighted by atomic mass is 32.2. The van der Waals surface area contributed by atoms with E-state index in [0.717, 1.165) is 0 Å². The second-order valence-electron chi connectivity index (χ2n) is 5.89. The van der Waals surface area contributed by atoms with Crippen molar-refractivity contribution in [3.63, 3.8) is 0 Å². The summed E-state index contributed by atoms with van der Waals surface area (Å²) in [6.45, 7) is 8.79. The van der Waals surface area contributed by atoms with Crippen molar-refractivity contribution in [3.05, 3.63) is 10.4 Å². The second-order valence-corrected chi connectivity index (χ2v) is 6.92. The molecule has 0 aromatic carbocycles. The Morgan fingerprint density at radius 3 is 2.52 bits per heavy atom. The Bertz CT molecular complexity index is 442. The molecular formula is C15H29N5O4S. The standard InChI is InChI=1S/C15H29N5O4S/c1-11(2)15(22)13(18-12(3)4)9-25-10-14(21)19-24-8-7-23-6-5-17-20-16/h11-13,18H,5-10H2,1-4H3,(H,19,21)/t13-/m0/s1. The summed E-state index contributed by atoms with van der Waals surface area (Å²) in [5, 5.41) is 6.56. The van der Waals surface area contributed by atoms with Crippen LogP contribution in [0.25, 0.3) is 10.4 Å². The Morgan fingerprint density at radius 2 is 1.92 bits per heavy atom. The highest BCUT2D eigenvalue weighted by Crippen LogP contribution is 2.09. The number of ketones is 1. The Balaban J connectivity index is 3.84. The quantitative estimate of drug-likeness (QED) is 0.147. The lowest BCUT2D eigenvalue weighted by molar-refractivity contribution is -0.132. The lowest BCUT2D eigenvalue weighted by Crippen LogP contribution is -2.44. The fraction of sp³-hybridized carbons (Fsp3) is 0.867. The molecule has 0 radical (unpaired) electrons. The number of nitrogens with zero attached hydrogens (tertiary/aromatic N) is 3. The third kappa shape index (κ3) is 13.6. The van der Waals surface area contributed by atoms with Crippen molar-refractivity contribution < 1.29 is 19.2 Å². The molecule has 0 aliphatic rings. The van der Waals surface area contributed by atoms with Crippen LogP contribution >= 0.6 is 11.8 Å². The molecule has 0 rings (SSSR count). The zero-order valence-corrected chi connectivity index (χ0v) is 16.2. The molecule has 0 saturated carbocycles. The van der Waals surface area contributed by atoms with Gasteiger partial charge in [0.1, 0.15) is 0 Å². The molecule has 9 nitrogen and oxygen atoms in total. The van der Waals surface area contributed by atoms with Gasteiger partial charge in [-0.3, -0.25) is 14.4 Å². The molecule has 1 amide bonds. The number of ether oxygens (including phenoxy) is 1. The van der Waals surface area contributed by atoms with Crippen LogP contribution in [0.4, 0.5) is 0 Å². The van der Waals surface area contributed by atoms with Gasteiger partial charge >= 0.3 is 0 Å². The number of hydrogen-bond acceptors (Lipinski definition) is 7. The Hall–Kier alpha value is -1.32. The molecule has 1 atom stereocenters. The van der Waals surface area contributed by atoms with E-state index in [1.807, 2.05) is 27.7 Å².